The molecule has 1 aliphatic heterocycles. The highest BCUT2D eigenvalue weighted by molar-refractivity contribution is 5.76. The minimum absolute atomic E-state index is 0.127. The Hall–Kier alpha value is -1.55. The summed E-state index contributed by atoms with van der Waals surface area (Å²) in [5, 5.41) is 0. The van der Waals surface area contributed by atoms with Gasteiger partial charge in [-0.1, -0.05) is 18.2 Å². The normalized spacial score (nSPS) is 18.4. The summed E-state index contributed by atoms with van der Waals surface area (Å²) in [6.45, 7) is 1.69. The van der Waals surface area contributed by atoms with E-state index >= 15 is 0 Å². The Bertz CT molecular complexity index is 431. The molecule has 98 valence electrons. The van der Waals surface area contributed by atoms with Gasteiger partial charge in [0.05, 0.1) is 0 Å². The minimum Gasteiger partial charge on any atom is -0.371 e. The van der Waals surface area contributed by atoms with Crippen molar-refractivity contribution in [2.24, 2.45) is 5.73 Å². The summed E-state index contributed by atoms with van der Waals surface area (Å²) in [6.07, 6.45) is 1.50. The first-order valence-electron chi connectivity index (χ1n) is 6.39. The van der Waals surface area contributed by atoms with Crippen molar-refractivity contribution in [2.75, 3.05) is 32.1 Å². The maximum atomic E-state index is 11.6. The lowest BCUT2D eigenvalue weighted by Gasteiger charge is -2.34. The third kappa shape index (κ3) is 2.64. The van der Waals surface area contributed by atoms with Crippen molar-refractivity contribution < 1.29 is 4.79 Å². The third-order valence-electron chi connectivity index (χ3n) is 3.48. The van der Waals surface area contributed by atoms with E-state index in [4.69, 9.17) is 5.73 Å². The van der Waals surface area contributed by atoms with E-state index in [1.165, 1.54) is 11.3 Å². The largest absolute Gasteiger partial charge is 0.371 e. The smallest absolute Gasteiger partial charge is 0.223 e. The molecule has 1 aromatic rings. The van der Waals surface area contributed by atoms with Gasteiger partial charge >= 0.3 is 0 Å². The van der Waals surface area contributed by atoms with Crippen LogP contribution in [0.5, 0.6) is 0 Å². The van der Waals surface area contributed by atoms with E-state index < -0.39 is 0 Å². The summed E-state index contributed by atoms with van der Waals surface area (Å²) >= 11 is 0. The quantitative estimate of drug-likeness (QED) is 0.877. The van der Waals surface area contributed by atoms with Gasteiger partial charge in [0.15, 0.2) is 0 Å². The molecule has 2 N–H and O–H groups in total. The van der Waals surface area contributed by atoms with Gasteiger partial charge in [-0.15, -0.1) is 0 Å². The molecule has 18 heavy (non-hydrogen) atoms. The zero-order chi connectivity index (χ0) is 13.1. The maximum absolute atomic E-state index is 11.6. The van der Waals surface area contributed by atoms with Crippen LogP contribution in [-0.2, 0) is 4.79 Å². The Labute approximate surface area is 108 Å². The van der Waals surface area contributed by atoms with Gasteiger partial charge < -0.3 is 15.5 Å². The second kappa shape index (κ2) is 5.40. The molecule has 2 rings (SSSR count). The monoisotopic (exact) mass is 247 g/mol. The van der Waals surface area contributed by atoms with E-state index in [1.807, 2.05) is 12.1 Å². The van der Waals surface area contributed by atoms with Crippen LogP contribution in [0, 0.1) is 0 Å². The molecule has 4 heteroatoms. The lowest BCUT2D eigenvalue weighted by Crippen LogP contribution is -2.36. The number of hydrogen-bond acceptors (Lipinski definition) is 3. The number of benzene rings is 1. The molecule has 0 fully saturated rings. The van der Waals surface area contributed by atoms with Crippen LogP contribution in [0.1, 0.15) is 24.4 Å². The molecule has 0 aromatic heterocycles. The lowest BCUT2D eigenvalue weighted by molar-refractivity contribution is -0.128. The van der Waals surface area contributed by atoms with Gasteiger partial charge in [-0.3, -0.25) is 4.79 Å². The van der Waals surface area contributed by atoms with Crippen LogP contribution in [0.3, 0.4) is 0 Å². The molecule has 0 radical (unpaired) electrons. The summed E-state index contributed by atoms with van der Waals surface area (Å²) in [5.41, 5.74) is 8.49. The van der Waals surface area contributed by atoms with Crippen molar-refractivity contribution in [2.45, 2.75) is 18.9 Å². The van der Waals surface area contributed by atoms with Crippen LogP contribution in [0.15, 0.2) is 24.3 Å². The van der Waals surface area contributed by atoms with Crippen molar-refractivity contribution >= 4 is 11.6 Å². The number of rotatable bonds is 3. The van der Waals surface area contributed by atoms with E-state index in [0.717, 1.165) is 19.5 Å². The molecule has 1 heterocycles. The minimum atomic E-state index is 0.127. The van der Waals surface area contributed by atoms with Gasteiger partial charge in [-0.2, -0.15) is 0 Å². The molecular formula is C14H21N3O. The number of nitrogens with two attached hydrogens (primary N) is 1. The molecule has 0 bridgehead atoms. The fourth-order valence-electron chi connectivity index (χ4n) is 2.35. The van der Waals surface area contributed by atoms with E-state index in [0.29, 0.717) is 6.42 Å². The van der Waals surface area contributed by atoms with Gasteiger partial charge in [0.25, 0.3) is 0 Å². The summed E-state index contributed by atoms with van der Waals surface area (Å²) in [7, 11) is 3.59. The number of nitrogens with zero attached hydrogens (tertiary/aromatic N) is 2. The van der Waals surface area contributed by atoms with Gasteiger partial charge in [0.2, 0.25) is 5.91 Å². The summed E-state index contributed by atoms with van der Waals surface area (Å²) in [6, 6.07) is 8.35. The second-order valence-corrected chi connectivity index (χ2v) is 4.98. The fourth-order valence-corrected chi connectivity index (χ4v) is 2.35. The third-order valence-corrected chi connectivity index (χ3v) is 3.48. The van der Waals surface area contributed by atoms with Gasteiger partial charge in [-0.25, -0.2) is 0 Å². The first kappa shape index (κ1) is 12.9. The van der Waals surface area contributed by atoms with E-state index in [9.17, 15) is 4.79 Å². The van der Waals surface area contributed by atoms with Crippen molar-refractivity contribution in [1.82, 2.24) is 4.90 Å². The Morgan fingerprint density at radius 1 is 1.44 bits per heavy atom. The van der Waals surface area contributed by atoms with E-state index in [-0.39, 0.29) is 11.9 Å². The number of fused-ring (bicyclic) bond motifs is 1. The van der Waals surface area contributed by atoms with E-state index in [2.05, 4.69) is 17.0 Å². The highest BCUT2D eigenvalue weighted by atomic mass is 16.2. The average Bonchev–Trinajstić information content (AvgIpc) is 2.38. The van der Waals surface area contributed by atoms with Crippen LogP contribution in [0.2, 0.25) is 0 Å². The predicted molar refractivity (Wildman–Crippen MR) is 73.5 cm³/mol. The zero-order valence-corrected chi connectivity index (χ0v) is 11.1. The Kier molecular flexibility index (Phi) is 3.87. The number of carbonyl (C=O) groups is 1. The van der Waals surface area contributed by atoms with E-state index in [1.54, 1.807) is 19.0 Å². The highest BCUT2D eigenvalue weighted by Crippen LogP contribution is 2.31. The van der Waals surface area contributed by atoms with Crippen LogP contribution < -0.4 is 10.6 Å². The number of carbonyl (C=O) groups excluding carboxylic acids is 1. The van der Waals surface area contributed by atoms with Crippen LogP contribution >= 0.6 is 0 Å². The average molecular weight is 247 g/mol. The number of amides is 1. The molecule has 0 spiro atoms. The number of para-hydroxylation sites is 1. The molecule has 1 unspecified atom stereocenters. The van der Waals surface area contributed by atoms with Crippen LogP contribution in [0.4, 0.5) is 5.69 Å². The van der Waals surface area contributed by atoms with Crippen LogP contribution in [0.25, 0.3) is 0 Å². The second-order valence-electron chi connectivity index (χ2n) is 4.98. The molecule has 0 saturated carbocycles. The molecule has 4 nitrogen and oxygen atoms in total. The number of hydrogen-bond donors (Lipinski definition) is 1. The first-order valence-corrected chi connectivity index (χ1v) is 6.39. The summed E-state index contributed by atoms with van der Waals surface area (Å²) in [4.78, 5) is 15.5. The lowest BCUT2D eigenvalue weighted by atomic mass is 9.97. The number of anilines is 1. The Morgan fingerprint density at radius 3 is 2.89 bits per heavy atom. The SMILES string of the molecule is CN(C)C(=O)CCN1CCC(N)c2ccccc21. The maximum Gasteiger partial charge on any atom is 0.223 e. The standard InChI is InChI=1S/C14H21N3O/c1-16(2)14(18)8-10-17-9-7-12(15)11-5-3-4-6-13(11)17/h3-6,12H,7-10,15H2,1-2H3. The predicted octanol–water partition coefficient (Wildman–Crippen LogP) is 1.37. The molecular weight excluding hydrogens is 226 g/mol. The molecule has 1 aliphatic rings. The van der Waals surface area contributed by atoms with Crippen molar-refractivity contribution in [3.05, 3.63) is 29.8 Å². The van der Waals surface area contributed by atoms with Crippen molar-refractivity contribution in [3.63, 3.8) is 0 Å². The molecule has 1 atom stereocenters. The van der Waals surface area contributed by atoms with Crippen LogP contribution in [-0.4, -0.2) is 38.0 Å². The summed E-state index contributed by atoms with van der Waals surface area (Å²) < 4.78 is 0. The zero-order valence-electron chi connectivity index (χ0n) is 11.1. The molecule has 1 aromatic carbocycles. The van der Waals surface area contributed by atoms with Gasteiger partial charge in [0, 0.05) is 45.3 Å². The summed E-state index contributed by atoms with van der Waals surface area (Å²) in [5.74, 6) is 0.169. The first-order chi connectivity index (χ1) is 8.59. The van der Waals surface area contributed by atoms with Gasteiger partial charge in [0.1, 0.15) is 0 Å². The molecule has 0 aliphatic carbocycles. The van der Waals surface area contributed by atoms with Gasteiger partial charge in [-0.05, 0) is 18.1 Å². The van der Waals surface area contributed by atoms with Crippen molar-refractivity contribution in [3.8, 4) is 0 Å². The fraction of sp³-hybridized carbons (Fsp3) is 0.500. The Balaban J connectivity index is 2.07. The van der Waals surface area contributed by atoms with Crippen molar-refractivity contribution in [1.29, 1.82) is 0 Å². The Morgan fingerprint density at radius 2 is 2.17 bits per heavy atom. The molecule has 1 amide bonds. The highest BCUT2D eigenvalue weighted by Gasteiger charge is 2.22. The topological polar surface area (TPSA) is 49.6 Å². The molecule has 0 saturated heterocycles.